The van der Waals surface area contributed by atoms with Gasteiger partial charge in [0, 0.05) is 12.2 Å². The first-order chi connectivity index (χ1) is 8.61. The first-order valence-corrected chi connectivity index (χ1v) is 6.54. The fourth-order valence-electron chi connectivity index (χ4n) is 1.95. The Kier molecular flexibility index (Phi) is 4.04. The van der Waals surface area contributed by atoms with E-state index in [1.807, 2.05) is 31.5 Å². The van der Waals surface area contributed by atoms with E-state index in [1.54, 1.807) is 4.68 Å². The Labute approximate surface area is 113 Å². The van der Waals surface area contributed by atoms with Gasteiger partial charge in [0.05, 0.1) is 16.9 Å². The zero-order chi connectivity index (χ0) is 13.1. The van der Waals surface area contributed by atoms with Crippen molar-refractivity contribution in [2.24, 2.45) is 0 Å². The lowest BCUT2D eigenvalue weighted by Gasteiger charge is -2.14. The van der Waals surface area contributed by atoms with Gasteiger partial charge in [0.1, 0.15) is 0 Å². The van der Waals surface area contributed by atoms with Crippen LogP contribution < -0.4 is 5.32 Å². The molecular weight excluding hydrogens is 246 g/mol. The summed E-state index contributed by atoms with van der Waals surface area (Å²) >= 11 is 6.33. The third-order valence-corrected chi connectivity index (χ3v) is 3.24. The van der Waals surface area contributed by atoms with Crippen LogP contribution in [0.4, 0.5) is 0 Å². The fourth-order valence-corrected chi connectivity index (χ4v) is 2.22. The Balaban J connectivity index is 2.30. The van der Waals surface area contributed by atoms with Crippen LogP contribution in [0.5, 0.6) is 0 Å². The van der Waals surface area contributed by atoms with Crippen LogP contribution in [-0.4, -0.2) is 16.3 Å². The summed E-state index contributed by atoms with van der Waals surface area (Å²) in [5.41, 5.74) is 3.22. The number of nitrogens with zero attached hydrogens (tertiary/aromatic N) is 2. The normalized spacial score (nSPS) is 12.7. The molecule has 1 aromatic heterocycles. The van der Waals surface area contributed by atoms with E-state index in [9.17, 15) is 0 Å². The van der Waals surface area contributed by atoms with E-state index in [-0.39, 0.29) is 0 Å². The summed E-state index contributed by atoms with van der Waals surface area (Å²) < 4.78 is 1.80. The molecule has 0 fully saturated rings. The lowest BCUT2D eigenvalue weighted by molar-refractivity contribution is 0.598. The third-order valence-electron chi connectivity index (χ3n) is 2.94. The molecular formula is C14H18ClN3. The molecule has 2 rings (SSSR count). The van der Waals surface area contributed by atoms with Gasteiger partial charge in [-0.1, -0.05) is 24.6 Å². The van der Waals surface area contributed by atoms with Crippen molar-refractivity contribution >= 4 is 11.6 Å². The molecule has 1 heterocycles. The zero-order valence-electron chi connectivity index (χ0n) is 10.9. The molecule has 0 amide bonds. The Bertz CT molecular complexity index is 534. The average Bonchev–Trinajstić information content (AvgIpc) is 2.76. The zero-order valence-corrected chi connectivity index (χ0v) is 11.7. The van der Waals surface area contributed by atoms with E-state index in [0.29, 0.717) is 6.04 Å². The summed E-state index contributed by atoms with van der Waals surface area (Å²) in [5, 5.41) is 8.37. The van der Waals surface area contributed by atoms with E-state index in [2.05, 4.69) is 30.3 Å². The van der Waals surface area contributed by atoms with Gasteiger partial charge in [0.25, 0.3) is 0 Å². The Morgan fingerprint density at radius 1 is 1.44 bits per heavy atom. The second kappa shape index (κ2) is 5.55. The highest BCUT2D eigenvalue weighted by Gasteiger charge is 2.09. The SMILES string of the molecule is CCNC(C)c1ccc(-n2cc(C)cn2)c(Cl)c1. The summed E-state index contributed by atoms with van der Waals surface area (Å²) in [7, 11) is 0. The highest BCUT2D eigenvalue weighted by Crippen LogP contribution is 2.24. The summed E-state index contributed by atoms with van der Waals surface area (Å²) in [4.78, 5) is 0. The molecule has 0 aliphatic carbocycles. The van der Waals surface area contributed by atoms with Gasteiger partial charge in [-0.25, -0.2) is 4.68 Å². The lowest BCUT2D eigenvalue weighted by atomic mass is 10.1. The molecule has 0 bridgehead atoms. The molecule has 1 N–H and O–H groups in total. The van der Waals surface area contributed by atoms with E-state index in [0.717, 1.165) is 22.8 Å². The van der Waals surface area contributed by atoms with E-state index < -0.39 is 0 Å². The number of hydrogen-bond donors (Lipinski definition) is 1. The van der Waals surface area contributed by atoms with Crippen molar-refractivity contribution in [1.29, 1.82) is 0 Å². The van der Waals surface area contributed by atoms with Gasteiger partial charge in [-0.05, 0) is 43.7 Å². The van der Waals surface area contributed by atoms with E-state index in [1.165, 1.54) is 5.56 Å². The second-order valence-corrected chi connectivity index (χ2v) is 4.86. The van der Waals surface area contributed by atoms with Crippen molar-refractivity contribution in [2.45, 2.75) is 26.8 Å². The van der Waals surface area contributed by atoms with Crippen molar-refractivity contribution in [3.63, 3.8) is 0 Å². The van der Waals surface area contributed by atoms with Crippen LogP contribution in [-0.2, 0) is 0 Å². The van der Waals surface area contributed by atoms with Crippen molar-refractivity contribution in [1.82, 2.24) is 15.1 Å². The minimum Gasteiger partial charge on any atom is -0.310 e. The van der Waals surface area contributed by atoms with Crippen LogP contribution in [0.15, 0.2) is 30.6 Å². The maximum Gasteiger partial charge on any atom is 0.0832 e. The summed E-state index contributed by atoms with van der Waals surface area (Å²) in [6, 6.07) is 6.41. The molecule has 4 heteroatoms. The summed E-state index contributed by atoms with van der Waals surface area (Å²) in [5.74, 6) is 0. The maximum atomic E-state index is 6.33. The predicted molar refractivity (Wildman–Crippen MR) is 75.4 cm³/mol. The molecule has 0 saturated carbocycles. The first kappa shape index (κ1) is 13.1. The van der Waals surface area contributed by atoms with Crippen molar-refractivity contribution in [3.05, 3.63) is 46.7 Å². The number of halogens is 1. The van der Waals surface area contributed by atoms with E-state index >= 15 is 0 Å². The van der Waals surface area contributed by atoms with Gasteiger partial charge in [0.15, 0.2) is 0 Å². The van der Waals surface area contributed by atoms with E-state index in [4.69, 9.17) is 11.6 Å². The van der Waals surface area contributed by atoms with Gasteiger partial charge in [0.2, 0.25) is 0 Å². The van der Waals surface area contributed by atoms with Crippen LogP contribution in [0.3, 0.4) is 0 Å². The first-order valence-electron chi connectivity index (χ1n) is 6.16. The third kappa shape index (κ3) is 2.74. The van der Waals surface area contributed by atoms with Crippen LogP contribution in [0.25, 0.3) is 5.69 Å². The second-order valence-electron chi connectivity index (χ2n) is 4.45. The molecule has 0 aliphatic rings. The van der Waals surface area contributed by atoms with Crippen LogP contribution in [0.1, 0.15) is 31.0 Å². The lowest BCUT2D eigenvalue weighted by Crippen LogP contribution is -2.17. The minimum atomic E-state index is 0.306. The minimum absolute atomic E-state index is 0.306. The largest absolute Gasteiger partial charge is 0.310 e. The highest BCUT2D eigenvalue weighted by molar-refractivity contribution is 6.32. The number of rotatable bonds is 4. The van der Waals surface area contributed by atoms with Gasteiger partial charge < -0.3 is 5.32 Å². The molecule has 1 atom stereocenters. The average molecular weight is 264 g/mol. The molecule has 3 nitrogen and oxygen atoms in total. The Hall–Kier alpha value is -1.32. The number of nitrogens with one attached hydrogen (secondary N) is 1. The molecule has 96 valence electrons. The van der Waals surface area contributed by atoms with Gasteiger partial charge >= 0.3 is 0 Å². The quantitative estimate of drug-likeness (QED) is 0.915. The maximum absolute atomic E-state index is 6.33. The summed E-state index contributed by atoms with van der Waals surface area (Å²) in [6.07, 6.45) is 3.79. The van der Waals surface area contributed by atoms with Gasteiger partial charge in [-0.3, -0.25) is 0 Å². The van der Waals surface area contributed by atoms with Crippen molar-refractivity contribution < 1.29 is 0 Å². The smallest absolute Gasteiger partial charge is 0.0832 e. The highest BCUT2D eigenvalue weighted by atomic mass is 35.5. The topological polar surface area (TPSA) is 29.9 Å². The monoisotopic (exact) mass is 263 g/mol. The van der Waals surface area contributed by atoms with Crippen LogP contribution >= 0.6 is 11.6 Å². The molecule has 0 radical (unpaired) electrons. The standard InChI is InChI=1S/C14H18ClN3/c1-4-16-11(3)12-5-6-14(13(15)7-12)18-9-10(2)8-17-18/h5-9,11,16H,4H2,1-3H3. The number of aryl methyl sites for hydroxylation is 1. The molecule has 1 aromatic carbocycles. The summed E-state index contributed by atoms with van der Waals surface area (Å²) in [6.45, 7) is 7.18. The molecule has 1 unspecified atom stereocenters. The van der Waals surface area contributed by atoms with Crippen LogP contribution in [0.2, 0.25) is 5.02 Å². The number of aromatic nitrogens is 2. The fraction of sp³-hybridized carbons (Fsp3) is 0.357. The molecule has 2 aromatic rings. The molecule has 18 heavy (non-hydrogen) atoms. The van der Waals surface area contributed by atoms with Crippen LogP contribution in [0, 0.1) is 6.92 Å². The number of benzene rings is 1. The predicted octanol–water partition coefficient (Wildman–Crippen LogP) is 3.50. The molecule has 0 aliphatic heterocycles. The van der Waals surface area contributed by atoms with Gasteiger partial charge in [-0.15, -0.1) is 0 Å². The van der Waals surface area contributed by atoms with Gasteiger partial charge in [-0.2, -0.15) is 5.10 Å². The molecule has 0 saturated heterocycles. The Morgan fingerprint density at radius 3 is 2.78 bits per heavy atom. The Morgan fingerprint density at radius 2 is 2.22 bits per heavy atom. The number of hydrogen-bond acceptors (Lipinski definition) is 2. The molecule has 0 spiro atoms. The van der Waals surface area contributed by atoms with Crippen molar-refractivity contribution in [3.8, 4) is 5.69 Å². The van der Waals surface area contributed by atoms with Crippen molar-refractivity contribution in [2.75, 3.05) is 6.54 Å².